The Kier molecular flexibility index (Phi) is 4.54. The van der Waals surface area contributed by atoms with E-state index in [1.807, 2.05) is 29.7 Å². The van der Waals surface area contributed by atoms with Crippen LogP contribution in [0, 0.1) is 25.2 Å². The van der Waals surface area contributed by atoms with E-state index in [-0.39, 0.29) is 0 Å². The number of hydrogen-bond acceptors (Lipinski definition) is 3. The Morgan fingerprint density at radius 3 is 2.62 bits per heavy atom. The van der Waals surface area contributed by atoms with Gasteiger partial charge >= 0.3 is 0 Å². The molecule has 0 atom stereocenters. The summed E-state index contributed by atoms with van der Waals surface area (Å²) in [5, 5.41) is 9.22. The highest BCUT2D eigenvalue weighted by Gasteiger charge is 2.15. The molecule has 21 heavy (non-hydrogen) atoms. The molecule has 0 aliphatic carbocycles. The molecule has 1 heterocycles. The molecule has 1 aromatic heterocycles. The third-order valence-electron chi connectivity index (χ3n) is 3.62. The van der Waals surface area contributed by atoms with Crippen molar-refractivity contribution in [1.82, 2.24) is 4.57 Å². The van der Waals surface area contributed by atoms with Crippen LogP contribution in [0.5, 0.6) is 11.6 Å². The number of aryl methyl sites for hydroxylation is 2. The van der Waals surface area contributed by atoms with Gasteiger partial charge in [-0.1, -0.05) is 19.4 Å². The predicted octanol–water partition coefficient (Wildman–Crippen LogP) is 4.15. The van der Waals surface area contributed by atoms with Gasteiger partial charge < -0.3 is 15.0 Å². The minimum Gasteiger partial charge on any atom is -0.439 e. The average Bonchev–Trinajstić information content (AvgIpc) is 2.76. The van der Waals surface area contributed by atoms with Crippen molar-refractivity contribution in [3.63, 3.8) is 0 Å². The number of nitrogens with zero attached hydrogens (tertiary/aromatic N) is 2. The second-order valence-corrected chi connectivity index (χ2v) is 5.26. The van der Waals surface area contributed by atoms with E-state index >= 15 is 0 Å². The monoisotopic (exact) mass is 283 g/mol. The molecule has 2 N–H and O–H groups in total. The molecule has 0 saturated carbocycles. The fourth-order valence-corrected chi connectivity index (χ4v) is 2.19. The summed E-state index contributed by atoms with van der Waals surface area (Å²) in [4.78, 5) is 0. The molecule has 0 aliphatic heterocycles. The fraction of sp³-hybridized carbons (Fsp3) is 0.353. The molecule has 0 amide bonds. The van der Waals surface area contributed by atoms with Crippen LogP contribution >= 0.6 is 0 Å². The topological polar surface area (TPSA) is 64.0 Å². The van der Waals surface area contributed by atoms with Gasteiger partial charge in [-0.25, -0.2) is 0 Å². The SMILES string of the molecule is CCCCn1c(C#N)cc(N)c1Oc1ccc(C)c(C)c1. The first-order chi connectivity index (χ1) is 10.1. The molecule has 110 valence electrons. The number of benzene rings is 1. The number of unbranched alkanes of at least 4 members (excludes halogenated alkanes) is 1. The van der Waals surface area contributed by atoms with Crippen LogP contribution in [0.15, 0.2) is 24.3 Å². The summed E-state index contributed by atoms with van der Waals surface area (Å²) in [6.45, 7) is 6.95. The van der Waals surface area contributed by atoms with Crippen molar-refractivity contribution in [3.05, 3.63) is 41.1 Å². The molecule has 4 nitrogen and oxygen atoms in total. The van der Waals surface area contributed by atoms with Crippen LogP contribution in [0.2, 0.25) is 0 Å². The largest absolute Gasteiger partial charge is 0.439 e. The minimum absolute atomic E-state index is 0.501. The van der Waals surface area contributed by atoms with E-state index in [0.717, 1.165) is 25.1 Å². The van der Waals surface area contributed by atoms with Crippen molar-refractivity contribution in [2.24, 2.45) is 0 Å². The number of nitriles is 1. The Balaban J connectivity index is 2.36. The van der Waals surface area contributed by atoms with Crippen LogP contribution < -0.4 is 10.5 Å². The third-order valence-corrected chi connectivity index (χ3v) is 3.62. The Morgan fingerprint density at radius 2 is 2.00 bits per heavy atom. The zero-order valence-corrected chi connectivity index (χ0v) is 12.8. The molecular formula is C17H21N3O. The maximum absolute atomic E-state index is 9.22. The lowest BCUT2D eigenvalue weighted by molar-refractivity contribution is 0.424. The third kappa shape index (κ3) is 3.19. The van der Waals surface area contributed by atoms with Crippen LogP contribution in [0.4, 0.5) is 5.69 Å². The van der Waals surface area contributed by atoms with Crippen molar-refractivity contribution in [3.8, 4) is 17.7 Å². The molecule has 0 unspecified atom stereocenters. The number of aromatic nitrogens is 1. The number of nitrogen functional groups attached to an aromatic ring is 1. The molecule has 4 heteroatoms. The number of nitrogens with two attached hydrogens (primary N) is 1. The first-order valence-corrected chi connectivity index (χ1v) is 7.21. The van der Waals surface area contributed by atoms with Crippen molar-refractivity contribution in [2.45, 2.75) is 40.2 Å². The van der Waals surface area contributed by atoms with Gasteiger partial charge in [0.1, 0.15) is 17.5 Å². The van der Waals surface area contributed by atoms with Crippen LogP contribution in [0.25, 0.3) is 0 Å². The number of anilines is 1. The summed E-state index contributed by atoms with van der Waals surface area (Å²) in [5.41, 5.74) is 9.43. The molecule has 0 spiro atoms. The maximum atomic E-state index is 9.22. The van der Waals surface area contributed by atoms with Crippen LogP contribution in [0.3, 0.4) is 0 Å². The molecule has 0 radical (unpaired) electrons. The van der Waals surface area contributed by atoms with Gasteiger partial charge in [0, 0.05) is 12.6 Å². The quantitative estimate of drug-likeness (QED) is 0.896. The van der Waals surface area contributed by atoms with Crippen molar-refractivity contribution < 1.29 is 4.74 Å². The standard InChI is InChI=1S/C17H21N3O/c1-4-5-8-20-14(11-18)10-16(19)17(20)21-15-7-6-12(2)13(3)9-15/h6-7,9-10H,4-5,8,19H2,1-3H3. The first kappa shape index (κ1) is 15.0. The molecule has 0 bridgehead atoms. The summed E-state index contributed by atoms with van der Waals surface area (Å²) in [5.74, 6) is 1.30. The normalized spacial score (nSPS) is 10.4. The van der Waals surface area contributed by atoms with Gasteiger partial charge in [-0.3, -0.25) is 0 Å². The Hall–Kier alpha value is -2.41. The molecular weight excluding hydrogens is 262 g/mol. The van der Waals surface area contributed by atoms with Gasteiger partial charge in [0.05, 0.1) is 5.69 Å². The summed E-state index contributed by atoms with van der Waals surface area (Å²) >= 11 is 0. The van der Waals surface area contributed by atoms with Gasteiger partial charge in [-0.2, -0.15) is 5.26 Å². The number of hydrogen-bond donors (Lipinski definition) is 1. The van der Waals surface area contributed by atoms with Gasteiger partial charge in [0.25, 0.3) is 0 Å². The first-order valence-electron chi connectivity index (χ1n) is 7.21. The van der Waals surface area contributed by atoms with E-state index in [9.17, 15) is 5.26 Å². The molecule has 0 aliphatic rings. The lowest BCUT2D eigenvalue weighted by Gasteiger charge is -2.13. The molecule has 2 aromatic rings. The molecule has 0 saturated heterocycles. The predicted molar refractivity (Wildman–Crippen MR) is 84.5 cm³/mol. The molecule has 2 rings (SSSR count). The van der Waals surface area contributed by atoms with E-state index in [1.165, 1.54) is 11.1 Å². The van der Waals surface area contributed by atoms with Gasteiger partial charge in [-0.15, -0.1) is 0 Å². The van der Waals surface area contributed by atoms with Crippen LogP contribution in [-0.2, 0) is 6.54 Å². The zero-order chi connectivity index (χ0) is 15.4. The Labute approximate surface area is 125 Å². The number of rotatable bonds is 5. The highest BCUT2D eigenvalue weighted by Crippen LogP contribution is 2.32. The van der Waals surface area contributed by atoms with E-state index in [1.54, 1.807) is 6.07 Å². The summed E-state index contributed by atoms with van der Waals surface area (Å²) in [6, 6.07) is 9.77. The van der Waals surface area contributed by atoms with E-state index < -0.39 is 0 Å². The highest BCUT2D eigenvalue weighted by molar-refractivity contribution is 5.56. The highest BCUT2D eigenvalue weighted by atomic mass is 16.5. The van der Waals surface area contributed by atoms with E-state index in [2.05, 4.69) is 19.9 Å². The van der Waals surface area contributed by atoms with Gasteiger partial charge in [0.2, 0.25) is 5.88 Å². The smallest absolute Gasteiger partial charge is 0.224 e. The summed E-state index contributed by atoms with van der Waals surface area (Å²) in [6.07, 6.45) is 2.03. The average molecular weight is 283 g/mol. The molecule has 0 fully saturated rings. The van der Waals surface area contributed by atoms with Crippen LogP contribution in [0.1, 0.15) is 36.6 Å². The maximum Gasteiger partial charge on any atom is 0.224 e. The lowest BCUT2D eigenvalue weighted by atomic mass is 10.1. The van der Waals surface area contributed by atoms with Gasteiger partial charge in [0.15, 0.2) is 0 Å². The van der Waals surface area contributed by atoms with Crippen molar-refractivity contribution in [2.75, 3.05) is 5.73 Å². The fourth-order valence-electron chi connectivity index (χ4n) is 2.19. The minimum atomic E-state index is 0.501. The summed E-state index contributed by atoms with van der Waals surface area (Å²) in [7, 11) is 0. The summed E-state index contributed by atoms with van der Waals surface area (Å²) < 4.78 is 7.80. The van der Waals surface area contributed by atoms with Gasteiger partial charge in [-0.05, 0) is 43.5 Å². The number of ether oxygens (including phenoxy) is 1. The second kappa shape index (κ2) is 6.36. The Bertz CT molecular complexity index is 680. The van der Waals surface area contributed by atoms with Crippen molar-refractivity contribution >= 4 is 5.69 Å². The molecule has 1 aromatic carbocycles. The zero-order valence-electron chi connectivity index (χ0n) is 12.8. The second-order valence-electron chi connectivity index (χ2n) is 5.26. The van der Waals surface area contributed by atoms with Crippen molar-refractivity contribution in [1.29, 1.82) is 5.26 Å². The van der Waals surface area contributed by atoms with E-state index in [4.69, 9.17) is 10.5 Å². The van der Waals surface area contributed by atoms with Crippen LogP contribution in [-0.4, -0.2) is 4.57 Å². The van der Waals surface area contributed by atoms with E-state index in [0.29, 0.717) is 17.3 Å². The lowest BCUT2D eigenvalue weighted by Crippen LogP contribution is -2.04. The Morgan fingerprint density at radius 1 is 1.24 bits per heavy atom.